The fourth-order valence-corrected chi connectivity index (χ4v) is 3.41. The molecule has 2 amide bonds. The summed E-state index contributed by atoms with van der Waals surface area (Å²) in [6.07, 6.45) is 0.472. The minimum Gasteiger partial charge on any atom is -0.416 e. The van der Waals surface area contributed by atoms with Crippen LogP contribution >= 0.6 is 23.1 Å². The molecular formula is C17H17N5O3S2. The highest BCUT2D eigenvalue weighted by molar-refractivity contribution is 7.99. The van der Waals surface area contributed by atoms with Crippen molar-refractivity contribution in [2.75, 3.05) is 16.4 Å². The van der Waals surface area contributed by atoms with Gasteiger partial charge in [-0.15, -0.1) is 21.5 Å². The minimum absolute atomic E-state index is 0.127. The van der Waals surface area contributed by atoms with E-state index in [2.05, 4.69) is 25.8 Å². The van der Waals surface area contributed by atoms with E-state index in [9.17, 15) is 9.59 Å². The Morgan fingerprint density at radius 2 is 2.00 bits per heavy atom. The van der Waals surface area contributed by atoms with E-state index in [0.717, 1.165) is 22.5 Å². The third-order valence-electron chi connectivity index (χ3n) is 3.24. The van der Waals surface area contributed by atoms with Crippen molar-refractivity contribution in [3.8, 4) is 0 Å². The minimum atomic E-state index is -0.213. The summed E-state index contributed by atoms with van der Waals surface area (Å²) in [4.78, 5) is 27.6. The van der Waals surface area contributed by atoms with E-state index in [1.165, 1.54) is 6.92 Å². The second kappa shape index (κ2) is 8.78. The summed E-state index contributed by atoms with van der Waals surface area (Å²) in [5.74, 6) is 0.206. The number of thiazole rings is 1. The van der Waals surface area contributed by atoms with Crippen LogP contribution in [0.2, 0.25) is 0 Å². The molecule has 0 saturated heterocycles. The van der Waals surface area contributed by atoms with Crippen LogP contribution in [0.1, 0.15) is 23.5 Å². The normalized spacial score (nSPS) is 10.6. The van der Waals surface area contributed by atoms with Crippen LogP contribution in [0.4, 0.5) is 11.4 Å². The Morgan fingerprint density at radius 1 is 1.22 bits per heavy atom. The molecule has 8 nitrogen and oxygen atoms in total. The maximum absolute atomic E-state index is 12.1. The van der Waals surface area contributed by atoms with Gasteiger partial charge in [-0.05, 0) is 25.1 Å². The Kier molecular flexibility index (Phi) is 6.20. The largest absolute Gasteiger partial charge is 0.416 e. The van der Waals surface area contributed by atoms with Gasteiger partial charge < -0.3 is 15.1 Å². The lowest BCUT2D eigenvalue weighted by Gasteiger charge is -2.07. The van der Waals surface area contributed by atoms with Crippen LogP contribution in [0.3, 0.4) is 0 Å². The van der Waals surface area contributed by atoms with Crippen LogP contribution in [0, 0.1) is 6.92 Å². The molecule has 0 fully saturated rings. The highest BCUT2D eigenvalue weighted by Crippen LogP contribution is 2.20. The molecular weight excluding hydrogens is 386 g/mol. The Balaban J connectivity index is 1.50. The number of amides is 2. The van der Waals surface area contributed by atoms with Gasteiger partial charge in [-0.2, -0.15) is 0 Å². The lowest BCUT2D eigenvalue weighted by Crippen LogP contribution is -2.14. The molecule has 1 aromatic carbocycles. The first-order valence-corrected chi connectivity index (χ1v) is 9.88. The van der Waals surface area contributed by atoms with Crippen LogP contribution in [-0.4, -0.2) is 32.7 Å². The monoisotopic (exact) mass is 403 g/mol. The summed E-state index contributed by atoms with van der Waals surface area (Å²) in [6, 6.07) is 6.92. The van der Waals surface area contributed by atoms with Crippen LogP contribution in [0.25, 0.3) is 0 Å². The molecule has 3 rings (SSSR count). The van der Waals surface area contributed by atoms with Crippen molar-refractivity contribution in [3.05, 3.63) is 46.2 Å². The molecule has 0 radical (unpaired) electrons. The van der Waals surface area contributed by atoms with Gasteiger partial charge in [-0.1, -0.05) is 17.8 Å². The summed E-state index contributed by atoms with van der Waals surface area (Å²) in [5, 5.41) is 16.6. The van der Waals surface area contributed by atoms with Gasteiger partial charge in [0.05, 0.1) is 22.9 Å². The third-order valence-corrected chi connectivity index (χ3v) is 4.88. The number of hydrogen-bond donors (Lipinski definition) is 2. The number of anilines is 2. The number of nitrogens with zero attached hydrogens (tertiary/aromatic N) is 3. The first-order chi connectivity index (χ1) is 13.0. The van der Waals surface area contributed by atoms with E-state index in [1.807, 2.05) is 12.3 Å². The zero-order valence-electron chi connectivity index (χ0n) is 14.7. The van der Waals surface area contributed by atoms with E-state index in [0.29, 0.717) is 28.9 Å². The molecule has 2 heterocycles. The second-order valence-corrected chi connectivity index (χ2v) is 7.58. The van der Waals surface area contributed by atoms with E-state index >= 15 is 0 Å². The average Bonchev–Trinajstić information content (AvgIpc) is 3.22. The summed E-state index contributed by atoms with van der Waals surface area (Å²) in [5.41, 5.74) is 2.10. The first-order valence-electron chi connectivity index (χ1n) is 8.01. The molecule has 0 unspecified atom stereocenters. The number of aromatic nitrogens is 3. The van der Waals surface area contributed by atoms with Crippen molar-refractivity contribution in [2.24, 2.45) is 0 Å². The van der Waals surface area contributed by atoms with Gasteiger partial charge in [-0.3, -0.25) is 9.59 Å². The molecule has 2 aromatic heterocycles. The van der Waals surface area contributed by atoms with Crippen molar-refractivity contribution < 1.29 is 14.0 Å². The zero-order valence-corrected chi connectivity index (χ0v) is 16.3. The maximum atomic E-state index is 12.1. The Morgan fingerprint density at radius 3 is 2.70 bits per heavy atom. The number of hydrogen-bond acceptors (Lipinski definition) is 8. The Labute approximate surface area is 163 Å². The van der Waals surface area contributed by atoms with Crippen molar-refractivity contribution in [1.82, 2.24) is 15.2 Å². The number of aryl methyl sites for hydroxylation is 1. The molecule has 3 aromatic rings. The van der Waals surface area contributed by atoms with Crippen molar-refractivity contribution in [3.63, 3.8) is 0 Å². The SMILES string of the molecule is CC(=O)Nc1cccc(NC(=O)CSc2nnc(Cc3csc(C)n3)o2)c1. The van der Waals surface area contributed by atoms with Gasteiger partial charge in [0.15, 0.2) is 0 Å². The van der Waals surface area contributed by atoms with Crippen LogP contribution < -0.4 is 10.6 Å². The highest BCUT2D eigenvalue weighted by Gasteiger charge is 2.12. The molecule has 2 N–H and O–H groups in total. The van der Waals surface area contributed by atoms with E-state index in [-0.39, 0.29) is 17.6 Å². The molecule has 0 bridgehead atoms. The zero-order chi connectivity index (χ0) is 19.2. The fourth-order valence-electron chi connectivity index (χ4n) is 2.21. The highest BCUT2D eigenvalue weighted by atomic mass is 32.2. The number of nitrogens with one attached hydrogen (secondary N) is 2. The van der Waals surface area contributed by atoms with Crippen LogP contribution in [-0.2, 0) is 16.0 Å². The van der Waals surface area contributed by atoms with E-state index < -0.39 is 0 Å². The predicted octanol–water partition coefficient (Wildman–Crippen LogP) is 3.11. The van der Waals surface area contributed by atoms with Crippen LogP contribution in [0.15, 0.2) is 39.3 Å². The fraction of sp³-hybridized carbons (Fsp3) is 0.235. The average molecular weight is 403 g/mol. The number of thioether (sulfide) groups is 1. The van der Waals surface area contributed by atoms with Gasteiger partial charge in [0, 0.05) is 23.7 Å². The standard InChI is InChI=1S/C17H17N5O3S2/c1-10(23)18-12-4-3-5-13(6-12)20-15(24)9-27-17-22-21-16(25-17)7-14-8-26-11(2)19-14/h3-6,8H,7,9H2,1-2H3,(H,18,23)(H,20,24). The van der Waals surface area contributed by atoms with Gasteiger partial charge in [0.1, 0.15) is 0 Å². The topological polar surface area (TPSA) is 110 Å². The summed E-state index contributed by atoms with van der Waals surface area (Å²) in [7, 11) is 0. The number of benzene rings is 1. The number of carbonyl (C=O) groups is 2. The first kappa shape index (κ1) is 19.1. The number of carbonyl (C=O) groups excluding carboxylic acids is 2. The summed E-state index contributed by atoms with van der Waals surface area (Å²) < 4.78 is 5.54. The Hall–Kier alpha value is -2.72. The molecule has 10 heteroatoms. The molecule has 0 aliphatic rings. The smallest absolute Gasteiger partial charge is 0.277 e. The van der Waals surface area contributed by atoms with Crippen molar-refractivity contribution in [2.45, 2.75) is 25.5 Å². The van der Waals surface area contributed by atoms with Crippen molar-refractivity contribution >= 4 is 46.3 Å². The van der Waals surface area contributed by atoms with Crippen LogP contribution in [0.5, 0.6) is 0 Å². The Bertz CT molecular complexity index is 953. The summed E-state index contributed by atoms with van der Waals surface area (Å²) >= 11 is 2.73. The van der Waals surface area contributed by atoms with E-state index in [4.69, 9.17) is 4.42 Å². The maximum Gasteiger partial charge on any atom is 0.277 e. The second-order valence-electron chi connectivity index (χ2n) is 5.60. The molecule has 27 heavy (non-hydrogen) atoms. The molecule has 0 spiro atoms. The third kappa shape index (κ3) is 5.90. The van der Waals surface area contributed by atoms with Gasteiger partial charge in [-0.25, -0.2) is 4.98 Å². The summed E-state index contributed by atoms with van der Waals surface area (Å²) in [6.45, 7) is 3.36. The van der Waals surface area contributed by atoms with E-state index in [1.54, 1.807) is 35.6 Å². The van der Waals surface area contributed by atoms with Gasteiger partial charge in [0.25, 0.3) is 5.22 Å². The predicted molar refractivity (Wildman–Crippen MR) is 104 cm³/mol. The molecule has 0 saturated carbocycles. The quantitative estimate of drug-likeness (QED) is 0.583. The van der Waals surface area contributed by atoms with Crippen molar-refractivity contribution in [1.29, 1.82) is 0 Å². The number of rotatable bonds is 7. The molecule has 0 aliphatic carbocycles. The lowest BCUT2D eigenvalue weighted by molar-refractivity contribution is -0.114. The molecule has 0 aliphatic heterocycles. The molecule has 140 valence electrons. The lowest BCUT2D eigenvalue weighted by atomic mass is 10.2. The van der Waals surface area contributed by atoms with Gasteiger partial charge in [0.2, 0.25) is 17.7 Å². The molecule has 0 atom stereocenters. The van der Waals surface area contributed by atoms with Gasteiger partial charge >= 0.3 is 0 Å².